The number of halogens is 2. The summed E-state index contributed by atoms with van der Waals surface area (Å²) in [6.45, 7) is 0. The van der Waals surface area contributed by atoms with Crippen molar-refractivity contribution in [2.45, 2.75) is 6.04 Å². The Kier molecular flexibility index (Phi) is 4.00. The fourth-order valence-electron chi connectivity index (χ4n) is 1.22. The molecule has 0 fully saturated rings. The molecule has 15 heavy (non-hydrogen) atoms. The van der Waals surface area contributed by atoms with Crippen LogP contribution in [0.3, 0.4) is 0 Å². The summed E-state index contributed by atoms with van der Waals surface area (Å²) in [4.78, 5) is 0. The van der Waals surface area contributed by atoms with Crippen LogP contribution in [0.4, 0.5) is 0 Å². The molecule has 0 bridgehead atoms. The van der Waals surface area contributed by atoms with Gasteiger partial charge in [0.25, 0.3) is 0 Å². The predicted molar refractivity (Wildman–Crippen MR) is 63.1 cm³/mol. The van der Waals surface area contributed by atoms with Gasteiger partial charge in [-0.3, -0.25) is 0 Å². The Morgan fingerprint density at radius 3 is 2.53 bits per heavy atom. The molecule has 1 atom stereocenters. The molecular weight excluding hydrogens is 257 g/mol. The average Bonchev–Trinajstić information content (AvgIpc) is 2.06. The van der Waals surface area contributed by atoms with Crippen molar-refractivity contribution in [2.24, 2.45) is 5.73 Å². The van der Waals surface area contributed by atoms with Gasteiger partial charge in [0.05, 0.1) is 15.8 Å². The maximum absolute atomic E-state index is 11.1. The van der Waals surface area contributed by atoms with Gasteiger partial charge in [0, 0.05) is 12.3 Å². The predicted octanol–water partition coefficient (Wildman–Crippen LogP) is 2.04. The van der Waals surface area contributed by atoms with Gasteiger partial charge in [-0.1, -0.05) is 35.3 Å². The van der Waals surface area contributed by atoms with Crippen molar-refractivity contribution < 1.29 is 8.42 Å². The molecule has 0 aromatic heterocycles. The molecule has 0 spiro atoms. The summed E-state index contributed by atoms with van der Waals surface area (Å²) in [6, 6.07) is 4.34. The number of hydrogen-bond donors (Lipinski definition) is 1. The topological polar surface area (TPSA) is 60.2 Å². The van der Waals surface area contributed by atoms with E-state index in [0.29, 0.717) is 15.6 Å². The first kappa shape index (κ1) is 12.8. The van der Waals surface area contributed by atoms with Gasteiger partial charge in [0.15, 0.2) is 0 Å². The highest BCUT2D eigenvalue weighted by Gasteiger charge is 2.16. The highest BCUT2D eigenvalue weighted by atomic mass is 35.5. The van der Waals surface area contributed by atoms with E-state index in [1.165, 1.54) is 0 Å². The summed E-state index contributed by atoms with van der Waals surface area (Å²) in [5, 5.41) is 0.688. The Morgan fingerprint density at radius 2 is 2.00 bits per heavy atom. The summed E-state index contributed by atoms with van der Waals surface area (Å²) >= 11 is 11.7. The molecule has 0 amide bonds. The first-order chi connectivity index (χ1) is 6.81. The van der Waals surface area contributed by atoms with E-state index < -0.39 is 15.9 Å². The Balaban J connectivity index is 3.02. The van der Waals surface area contributed by atoms with Crippen LogP contribution in [0.15, 0.2) is 18.2 Å². The Bertz CT molecular complexity index is 459. The first-order valence-corrected chi connectivity index (χ1v) is 7.00. The smallest absolute Gasteiger partial charge is 0.149 e. The maximum Gasteiger partial charge on any atom is 0.149 e. The first-order valence-electron chi connectivity index (χ1n) is 4.18. The minimum atomic E-state index is -3.13. The van der Waals surface area contributed by atoms with E-state index in [4.69, 9.17) is 28.9 Å². The lowest BCUT2D eigenvalue weighted by molar-refractivity contribution is 0.595. The Morgan fingerprint density at radius 1 is 1.40 bits per heavy atom. The number of rotatable bonds is 3. The van der Waals surface area contributed by atoms with Crippen LogP contribution in [-0.4, -0.2) is 20.4 Å². The van der Waals surface area contributed by atoms with Crippen molar-refractivity contribution in [2.75, 3.05) is 12.0 Å². The normalized spacial score (nSPS) is 13.9. The fourth-order valence-corrected chi connectivity index (χ4v) is 2.50. The van der Waals surface area contributed by atoms with Crippen LogP contribution in [0.2, 0.25) is 10.0 Å². The van der Waals surface area contributed by atoms with Gasteiger partial charge in [0.1, 0.15) is 9.84 Å². The molecule has 1 aromatic carbocycles. The van der Waals surface area contributed by atoms with E-state index in [2.05, 4.69) is 0 Å². The number of nitrogens with two attached hydrogens (primary N) is 1. The molecule has 0 saturated carbocycles. The van der Waals surface area contributed by atoms with Crippen molar-refractivity contribution in [3.05, 3.63) is 33.8 Å². The molecule has 0 aliphatic heterocycles. The molecule has 84 valence electrons. The molecule has 0 aliphatic carbocycles. The van der Waals surface area contributed by atoms with Crippen LogP contribution in [-0.2, 0) is 9.84 Å². The van der Waals surface area contributed by atoms with E-state index >= 15 is 0 Å². The molecule has 3 nitrogen and oxygen atoms in total. The summed E-state index contributed by atoms with van der Waals surface area (Å²) in [6.07, 6.45) is 1.13. The van der Waals surface area contributed by atoms with Gasteiger partial charge >= 0.3 is 0 Å². The number of hydrogen-bond acceptors (Lipinski definition) is 3. The van der Waals surface area contributed by atoms with Crippen molar-refractivity contribution >= 4 is 33.0 Å². The lowest BCUT2D eigenvalue weighted by Crippen LogP contribution is -2.21. The zero-order valence-electron chi connectivity index (χ0n) is 8.07. The van der Waals surface area contributed by atoms with Gasteiger partial charge < -0.3 is 5.73 Å². The largest absolute Gasteiger partial charge is 0.323 e. The van der Waals surface area contributed by atoms with Crippen LogP contribution < -0.4 is 5.73 Å². The lowest BCUT2D eigenvalue weighted by Gasteiger charge is -2.13. The summed E-state index contributed by atoms with van der Waals surface area (Å²) < 4.78 is 22.1. The van der Waals surface area contributed by atoms with Crippen LogP contribution >= 0.6 is 23.2 Å². The monoisotopic (exact) mass is 267 g/mol. The van der Waals surface area contributed by atoms with Crippen LogP contribution in [0.5, 0.6) is 0 Å². The van der Waals surface area contributed by atoms with Crippen molar-refractivity contribution in [3.8, 4) is 0 Å². The molecule has 6 heteroatoms. The van der Waals surface area contributed by atoms with E-state index in [9.17, 15) is 8.42 Å². The van der Waals surface area contributed by atoms with Gasteiger partial charge in [-0.2, -0.15) is 0 Å². The van der Waals surface area contributed by atoms with E-state index in [1.54, 1.807) is 18.2 Å². The summed E-state index contributed by atoms with van der Waals surface area (Å²) in [5.41, 5.74) is 6.28. The van der Waals surface area contributed by atoms with Gasteiger partial charge in [0.2, 0.25) is 0 Å². The SMILES string of the molecule is CS(=O)(=O)CC(N)c1cccc(Cl)c1Cl. The van der Waals surface area contributed by atoms with E-state index in [1.807, 2.05) is 0 Å². The van der Waals surface area contributed by atoms with Crippen LogP contribution in [0.25, 0.3) is 0 Å². The molecule has 0 saturated heterocycles. The second-order valence-corrected chi connectivity index (χ2v) is 6.31. The Labute approximate surface area is 99.1 Å². The quantitative estimate of drug-likeness (QED) is 0.912. The third kappa shape index (κ3) is 3.65. The molecule has 1 aromatic rings. The molecule has 0 aliphatic rings. The molecule has 0 heterocycles. The molecule has 2 N–H and O–H groups in total. The van der Waals surface area contributed by atoms with Crippen molar-refractivity contribution in [1.29, 1.82) is 0 Å². The van der Waals surface area contributed by atoms with Crippen molar-refractivity contribution in [1.82, 2.24) is 0 Å². The van der Waals surface area contributed by atoms with Crippen LogP contribution in [0, 0.1) is 0 Å². The highest BCUT2D eigenvalue weighted by molar-refractivity contribution is 7.90. The number of sulfone groups is 1. The molecule has 1 rings (SSSR count). The summed E-state index contributed by atoms with van der Waals surface area (Å²) in [5.74, 6) is -0.146. The summed E-state index contributed by atoms with van der Waals surface area (Å²) in [7, 11) is -3.13. The zero-order chi connectivity index (χ0) is 11.6. The highest BCUT2D eigenvalue weighted by Crippen LogP contribution is 2.29. The molecule has 1 unspecified atom stereocenters. The minimum Gasteiger partial charge on any atom is -0.323 e. The Hall–Kier alpha value is -0.290. The lowest BCUT2D eigenvalue weighted by atomic mass is 10.1. The third-order valence-electron chi connectivity index (χ3n) is 1.86. The van der Waals surface area contributed by atoms with E-state index in [0.717, 1.165) is 6.26 Å². The second kappa shape index (κ2) is 4.70. The van der Waals surface area contributed by atoms with E-state index in [-0.39, 0.29) is 5.75 Å². The fraction of sp³-hybridized carbons (Fsp3) is 0.333. The minimum absolute atomic E-state index is 0.146. The van der Waals surface area contributed by atoms with Crippen molar-refractivity contribution in [3.63, 3.8) is 0 Å². The average molecular weight is 268 g/mol. The zero-order valence-corrected chi connectivity index (χ0v) is 10.4. The second-order valence-electron chi connectivity index (χ2n) is 3.34. The standard InChI is InChI=1S/C9H11Cl2NO2S/c1-15(13,14)5-8(12)6-3-2-4-7(10)9(6)11/h2-4,8H,5,12H2,1H3. The van der Waals surface area contributed by atoms with Crippen LogP contribution in [0.1, 0.15) is 11.6 Å². The molecule has 0 radical (unpaired) electrons. The van der Waals surface area contributed by atoms with Gasteiger partial charge in [-0.15, -0.1) is 0 Å². The third-order valence-corrected chi connectivity index (χ3v) is 3.66. The maximum atomic E-state index is 11.1. The molecular formula is C9H11Cl2NO2S. The van der Waals surface area contributed by atoms with Gasteiger partial charge in [-0.25, -0.2) is 8.42 Å². The van der Waals surface area contributed by atoms with Gasteiger partial charge in [-0.05, 0) is 11.6 Å². The number of benzene rings is 1.